The molecule has 0 saturated carbocycles. The summed E-state index contributed by atoms with van der Waals surface area (Å²) < 4.78 is 13.0. The molecule has 0 aliphatic heterocycles. The Bertz CT molecular complexity index is 460. The molecule has 0 spiro atoms. The summed E-state index contributed by atoms with van der Waals surface area (Å²) in [6, 6.07) is 0.567. The maximum absolute atomic E-state index is 13.0. The lowest BCUT2D eigenvalue weighted by atomic mass is 10.1. The number of rotatable bonds is 2. The first-order valence-corrected chi connectivity index (χ1v) is 3.73. The minimum absolute atomic E-state index is 0.260. The molecule has 15 heavy (non-hydrogen) atoms. The number of hydrogen-bond acceptors (Lipinski definition) is 5. The van der Waals surface area contributed by atoms with Crippen molar-refractivity contribution in [3.05, 3.63) is 37.7 Å². The third-order valence-electron chi connectivity index (χ3n) is 1.89. The molecule has 0 aliphatic rings. The van der Waals surface area contributed by atoms with E-state index in [2.05, 4.69) is 0 Å². The van der Waals surface area contributed by atoms with Gasteiger partial charge < -0.3 is 5.73 Å². The molecule has 0 aromatic heterocycles. The van der Waals surface area contributed by atoms with E-state index in [4.69, 9.17) is 5.73 Å². The summed E-state index contributed by atoms with van der Waals surface area (Å²) in [4.78, 5) is 19.1. The van der Waals surface area contributed by atoms with Crippen molar-refractivity contribution in [1.82, 2.24) is 0 Å². The molecule has 1 aromatic carbocycles. The highest BCUT2D eigenvalue weighted by Gasteiger charge is 2.27. The van der Waals surface area contributed by atoms with Crippen molar-refractivity contribution in [2.24, 2.45) is 0 Å². The number of benzene rings is 1. The molecule has 2 N–H and O–H groups in total. The number of nitrogens with zero attached hydrogens (tertiary/aromatic N) is 2. The van der Waals surface area contributed by atoms with Gasteiger partial charge in [0.15, 0.2) is 5.82 Å². The summed E-state index contributed by atoms with van der Waals surface area (Å²) in [6.45, 7) is 1.14. The molecule has 0 fully saturated rings. The molecule has 0 atom stereocenters. The quantitative estimate of drug-likeness (QED) is 0.456. The number of nitrogens with two attached hydrogens (primary N) is 1. The van der Waals surface area contributed by atoms with Gasteiger partial charge in [-0.15, -0.1) is 0 Å². The number of hydrogen-bond donors (Lipinski definition) is 1. The van der Waals surface area contributed by atoms with Crippen LogP contribution in [0.4, 0.5) is 21.5 Å². The van der Waals surface area contributed by atoms with Crippen LogP contribution in [0.1, 0.15) is 5.56 Å². The van der Waals surface area contributed by atoms with Gasteiger partial charge in [-0.25, -0.2) is 4.39 Å². The van der Waals surface area contributed by atoms with E-state index in [0.717, 1.165) is 6.92 Å². The summed E-state index contributed by atoms with van der Waals surface area (Å²) >= 11 is 0. The molecule has 0 radical (unpaired) electrons. The van der Waals surface area contributed by atoms with Gasteiger partial charge in [-0.1, -0.05) is 0 Å². The normalized spacial score (nSPS) is 10.0. The molecule has 0 amide bonds. The van der Waals surface area contributed by atoms with E-state index in [1.54, 1.807) is 0 Å². The number of anilines is 1. The van der Waals surface area contributed by atoms with E-state index in [0.29, 0.717) is 6.07 Å². The fraction of sp³-hybridized carbons (Fsp3) is 0.143. The van der Waals surface area contributed by atoms with Crippen molar-refractivity contribution in [2.45, 2.75) is 6.92 Å². The Hall–Kier alpha value is -2.25. The predicted octanol–water partition coefficient (Wildman–Crippen LogP) is 1.53. The Balaban J connectivity index is 3.63. The Morgan fingerprint density at radius 1 is 1.33 bits per heavy atom. The Kier molecular flexibility index (Phi) is 2.51. The molecule has 0 heterocycles. The SMILES string of the molecule is Cc1c([N+](=O)[O-])cc(F)c(N)c1[N+](=O)[O-]. The average molecular weight is 215 g/mol. The van der Waals surface area contributed by atoms with Gasteiger partial charge >= 0.3 is 5.69 Å². The van der Waals surface area contributed by atoms with Crippen molar-refractivity contribution in [2.75, 3.05) is 5.73 Å². The van der Waals surface area contributed by atoms with E-state index in [1.165, 1.54) is 0 Å². The van der Waals surface area contributed by atoms with Gasteiger partial charge in [0.2, 0.25) is 0 Å². The first-order valence-electron chi connectivity index (χ1n) is 3.73. The first-order chi connectivity index (χ1) is 6.86. The second-order valence-electron chi connectivity index (χ2n) is 2.78. The predicted molar refractivity (Wildman–Crippen MR) is 48.9 cm³/mol. The van der Waals surface area contributed by atoms with E-state index in [-0.39, 0.29) is 5.56 Å². The van der Waals surface area contributed by atoms with Crippen molar-refractivity contribution in [1.29, 1.82) is 0 Å². The van der Waals surface area contributed by atoms with E-state index in [1.807, 2.05) is 0 Å². The molecule has 8 heteroatoms. The molecular weight excluding hydrogens is 209 g/mol. The van der Waals surface area contributed by atoms with E-state index in [9.17, 15) is 24.6 Å². The second-order valence-corrected chi connectivity index (χ2v) is 2.78. The maximum Gasteiger partial charge on any atom is 0.304 e. The fourth-order valence-corrected chi connectivity index (χ4v) is 1.17. The van der Waals surface area contributed by atoms with Gasteiger partial charge in [0, 0.05) is 0 Å². The van der Waals surface area contributed by atoms with Crippen molar-refractivity contribution < 1.29 is 14.2 Å². The number of nitrogen functional groups attached to an aromatic ring is 1. The Labute approximate surface area is 82.6 Å². The summed E-state index contributed by atoms with van der Waals surface area (Å²) in [5, 5.41) is 20.9. The third kappa shape index (κ3) is 1.68. The summed E-state index contributed by atoms with van der Waals surface area (Å²) in [5.74, 6) is -1.17. The van der Waals surface area contributed by atoms with Gasteiger partial charge in [0.25, 0.3) is 5.69 Å². The molecule has 0 aliphatic carbocycles. The average Bonchev–Trinajstić information content (AvgIpc) is 2.10. The molecule has 0 unspecified atom stereocenters. The van der Waals surface area contributed by atoms with Crippen LogP contribution in [0.5, 0.6) is 0 Å². The standard InChI is InChI=1S/C7H6FN3O4/c1-3-5(10(12)13)2-4(8)6(9)7(3)11(14)15/h2H,9H2,1H3. The van der Waals surface area contributed by atoms with Gasteiger partial charge in [-0.2, -0.15) is 0 Å². The molecule has 80 valence electrons. The topological polar surface area (TPSA) is 112 Å². The number of nitro benzene ring substituents is 2. The van der Waals surface area contributed by atoms with Gasteiger partial charge in [0.1, 0.15) is 11.3 Å². The molecule has 0 saturated heterocycles. The second kappa shape index (κ2) is 3.48. The lowest BCUT2D eigenvalue weighted by Gasteiger charge is -2.02. The highest BCUT2D eigenvalue weighted by molar-refractivity contribution is 5.68. The van der Waals surface area contributed by atoms with E-state index >= 15 is 0 Å². The van der Waals surface area contributed by atoms with Crippen molar-refractivity contribution in [3.8, 4) is 0 Å². The summed E-state index contributed by atoms with van der Waals surface area (Å²) in [7, 11) is 0. The van der Waals surface area contributed by atoms with Crippen LogP contribution in [0.3, 0.4) is 0 Å². The molecule has 7 nitrogen and oxygen atoms in total. The van der Waals surface area contributed by atoms with Gasteiger partial charge in [-0.3, -0.25) is 20.2 Å². The first kappa shape index (κ1) is 10.8. The van der Waals surface area contributed by atoms with Crippen LogP contribution >= 0.6 is 0 Å². The van der Waals surface area contributed by atoms with Crippen LogP contribution in [0, 0.1) is 33.0 Å². The minimum Gasteiger partial charge on any atom is -0.391 e. The van der Waals surface area contributed by atoms with Crippen LogP contribution in [0.2, 0.25) is 0 Å². The highest BCUT2D eigenvalue weighted by atomic mass is 19.1. The molecule has 0 bridgehead atoms. The zero-order valence-electron chi connectivity index (χ0n) is 7.56. The zero-order valence-corrected chi connectivity index (χ0v) is 7.56. The highest BCUT2D eigenvalue weighted by Crippen LogP contribution is 2.34. The lowest BCUT2D eigenvalue weighted by molar-refractivity contribution is -0.394. The van der Waals surface area contributed by atoms with Crippen LogP contribution in [0.25, 0.3) is 0 Å². The molecule has 1 aromatic rings. The summed E-state index contributed by atoms with van der Waals surface area (Å²) in [5.41, 5.74) is 2.74. The van der Waals surface area contributed by atoms with Crippen LogP contribution < -0.4 is 5.73 Å². The van der Waals surface area contributed by atoms with Crippen molar-refractivity contribution in [3.63, 3.8) is 0 Å². The summed E-state index contributed by atoms with van der Waals surface area (Å²) in [6.07, 6.45) is 0. The Morgan fingerprint density at radius 2 is 1.87 bits per heavy atom. The van der Waals surface area contributed by atoms with Crippen LogP contribution in [-0.4, -0.2) is 9.85 Å². The van der Waals surface area contributed by atoms with Gasteiger partial charge in [-0.05, 0) is 6.92 Å². The maximum atomic E-state index is 13.0. The third-order valence-corrected chi connectivity index (χ3v) is 1.89. The molecular formula is C7H6FN3O4. The van der Waals surface area contributed by atoms with E-state index < -0.39 is 32.7 Å². The largest absolute Gasteiger partial charge is 0.391 e. The zero-order chi connectivity index (χ0) is 11.7. The fourth-order valence-electron chi connectivity index (χ4n) is 1.17. The smallest absolute Gasteiger partial charge is 0.304 e. The monoisotopic (exact) mass is 215 g/mol. The van der Waals surface area contributed by atoms with Crippen LogP contribution in [0.15, 0.2) is 6.07 Å². The van der Waals surface area contributed by atoms with Crippen LogP contribution in [-0.2, 0) is 0 Å². The van der Waals surface area contributed by atoms with Crippen molar-refractivity contribution >= 4 is 17.1 Å². The Morgan fingerprint density at radius 3 is 2.27 bits per heavy atom. The van der Waals surface area contributed by atoms with Gasteiger partial charge in [0.05, 0.1) is 15.9 Å². The molecule has 1 rings (SSSR count). The lowest BCUT2D eigenvalue weighted by Crippen LogP contribution is -2.04. The number of halogens is 1. The minimum atomic E-state index is -1.17. The number of nitro groups is 2.